The molecule has 0 heterocycles. The summed E-state index contributed by atoms with van der Waals surface area (Å²) in [6.45, 7) is 0. The van der Waals surface area contributed by atoms with Gasteiger partial charge in [-0.1, -0.05) is 44.0 Å². The number of benzene rings is 2. The fourth-order valence-corrected chi connectivity index (χ4v) is 3.16. The number of nitrogen functional groups attached to an aromatic ring is 1. The Morgan fingerprint density at radius 2 is 1.76 bits per heavy atom. The molecule has 0 spiro atoms. The maximum Gasteiger partial charge on any atom is 0.0463 e. The fourth-order valence-electron chi connectivity index (χ4n) is 1.44. The topological polar surface area (TPSA) is 26.0 Å². The van der Waals surface area contributed by atoms with Gasteiger partial charge in [-0.15, -0.1) is 11.8 Å². The first-order valence-electron chi connectivity index (χ1n) is 5.07. The molecule has 0 aliphatic rings. The van der Waals surface area contributed by atoms with Crippen molar-refractivity contribution in [2.75, 3.05) is 5.73 Å². The molecule has 17 heavy (non-hydrogen) atoms. The largest absolute Gasteiger partial charge is 0.398 e. The van der Waals surface area contributed by atoms with Gasteiger partial charge in [0.05, 0.1) is 0 Å². The van der Waals surface area contributed by atoms with Gasteiger partial charge in [-0.25, -0.2) is 0 Å². The molecule has 0 unspecified atom stereocenters. The molecule has 1 nitrogen and oxygen atoms in total. The summed E-state index contributed by atoms with van der Waals surface area (Å²) in [6, 6.07) is 14.3. The van der Waals surface area contributed by atoms with Crippen molar-refractivity contribution in [2.24, 2.45) is 0 Å². The molecule has 2 N–H and O–H groups in total. The minimum atomic E-state index is 0.819. The van der Waals surface area contributed by atoms with Crippen molar-refractivity contribution in [3.63, 3.8) is 0 Å². The van der Waals surface area contributed by atoms with Crippen LogP contribution in [0, 0.1) is 0 Å². The van der Waals surface area contributed by atoms with E-state index in [1.807, 2.05) is 30.3 Å². The van der Waals surface area contributed by atoms with Crippen LogP contribution in [0.2, 0.25) is 0 Å². The number of anilines is 1. The highest BCUT2D eigenvalue weighted by Gasteiger charge is 2.01. The fraction of sp³-hybridized carbons (Fsp3) is 0.0769. The molecule has 0 bridgehead atoms. The van der Waals surface area contributed by atoms with Crippen LogP contribution < -0.4 is 5.73 Å². The van der Waals surface area contributed by atoms with E-state index in [4.69, 9.17) is 5.73 Å². The summed E-state index contributed by atoms with van der Waals surface area (Å²) in [4.78, 5) is 1.12. The summed E-state index contributed by atoms with van der Waals surface area (Å²) in [5.74, 6) is 0.922. The van der Waals surface area contributed by atoms with E-state index in [2.05, 4.69) is 44.0 Å². The zero-order valence-corrected chi connectivity index (χ0v) is 13.0. The van der Waals surface area contributed by atoms with Crippen LogP contribution in [0.1, 0.15) is 5.56 Å². The average Bonchev–Trinajstić information content (AvgIpc) is 2.28. The molecule has 0 aliphatic heterocycles. The van der Waals surface area contributed by atoms with Crippen molar-refractivity contribution in [3.05, 3.63) is 57.0 Å². The van der Waals surface area contributed by atoms with E-state index in [0.717, 1.165) is 25.3 Å². The van der Waals surface area contributed by atoms with E-state index in [-0.39, 0.29) is 0 Å². The molecule has 2 aromatic carbocycles. The maximum absolute atomic E-state index is 5.96. The van der Waals surface area contributed by atoms with Gasteiger partial charge in [0.2, 0.25) is 0 Å². The van der Waals surface area contributed by atoms with Crippen LogP contribution in [0.4, 0.5) is 5.69 Å². The van der Waals surface area contributed by atoms with Crippen molar-refractivity contribution < 1.29 is 0 Å². The van der Waals surface area contributed by atoms with Gasteiger partial charge < -0.3 is 5.73 Å². The second kappa shape index (κ2) is 5.94. The van der Waals surface area contributed by atoms with Crippen LogP contribution in [0.15, 0.2) is 56.3 Å². The summed E-state index contributed by atoms with van der Waals surface area (Å²) >= 11 is 8.63. The lowest BCUT2D eigenvalue weighted by Gasteiger charge is -2.06. The number of nitrogens with two attached hydrogens (primary N) is 1. The van der Waals surface area contributed by atoms with E-state index in [1.54, 1.807) is 11.8 Å². The Kier molecular flexibility index (Phi) is 4.54. The average molecular weight is 373 g/mol. The Labute approximate surface area is 122 Å². The molecule has 0 fully saturated rings. The second-order valence-corrected chi connectivity index (χ2v) is 6.45. The summed E-state index contributed by atoms with van der Waals surface area (Å²) < 4.78 is 2.13. The molecule has 88 valence electrons. The van der Waals surface area contributed by atoms with Gasteiger partial charge in [0.15, 0.2) is 0 Å². The highest BCUT2D eigenvalue weighted by atomic mass is 79.9. The molecular weight excluding hydrogens is 362 g/mol. The van der Waals surface area contributed by atoms with Gasteiger partial charge >= 0.3 is 0 Å². The number of halogens is 2. The van der Waals surface area contributed by atoms with Gasteiger partial charge in [0.25, 0.3) is 0 Å². The van der Waals surface area contributed by atoms with Crippen LogP contribution >= 0.6 is 43.6 Å². The predicted octanol–water partition coefficient (Wildman–Crippen LogP) is 5.09. The van der Waals surface area contributed by atoms with Gasteiger partial charge in [-0.3, -0.25) is 0 Å². The highest BCUT2D eigenvalue weighted by molar-refractivity contribution is 9.10. The molecule has 0 aliphatic carbocycles. The predicted molar refractivity (Wildman–Crippen MR) is 82.3 cm³/mol. The molecule has 0 amide bonds. The molecule has 4 heteroatoms. The van der Waals surface area contributed by atoms with Crippen molar-refractivity contribution in [1.29, 1.82) is 0 Å². The first kappa shape index (κ1) is 13.0. The lowest BCUT2D eigenvalue weighted by molar-refractivity contribution is 1.37. The maximum atomic E-state index is 5.96. The Morgan fingerprint density at radius 1 is 1.00 bits per heavy atom. The molecule has 2 rings (SSSR count). The monoisotopic (exact) mass is 371 g/mol. The van der Waals surface area contributed by atoms with Crippen molar-refractivity contribution in [3.8, 4) is 0 Å². The number of hydrogen-bond acceptors (Lipinski definition) is 2. The third-order valence-corrected chi connectivity index (χ3v) is 4.40. The normalized spacial score (nSPS) is 10.5. The van der Waals surface area contributed by atoms with Crippen LogP contribution in [-0.2, 0) is 5.75 Å². The summed E-state index contributed by atoms with van der Waals surface area (Å²) in [6.07, 6.45) is 0. The lowest BCUT2D eigenvalue weighted by atomic mass is 10.2. The first-order valence-corrected chi connectivity index (χ1v) is 7.64. The highest BCUT2D eigenvalue weighted by Crippen LogP contribution is 2.30. The van der Waals surface area contributed by atoms with Crippen LogP contribution in [0.5, 0.6) is 0 Å². The Balaban J connectivity index is 2.07. The first-order chi connectivity index (χ1) is 8.15. The van der Waals surface area contributed by atoms with Crippen molar-refractivity contribution in [1.82, 2.24) is 0 Å². The standard InChI is InChI=1S/C13H11Br2NS/c14-10-3-1-2-9(6-10)8-17-13-5-4-11(15)7-12(13)16/h1-7H,8,16H2. The van der Waals surface area contributed by atoms with Gasteiger partial charge in [-0.05, 0) is 35.9 Å². The van der Waals surface area contributed by atoms with Gasteiger partial charge in [0, 0.05) is 25.3 Å². The van der Waals surface area contributed by atoms with Crippen molar-refractivity contribution >= 4 is 49.3 Å². The quantitative estimate of drug-likeness (QED) is 0.600. The van der Waals surface area contributed by atoms with Crippen LogP contribution in [0.25, 0.3) is 0 Å². The molecule has 0 saturated heterocycles. The van der Waals surface area contributed by atoms with E-state index >= 15 is 0 Å². The molecule has 0 atom stereocenters. The summed E-state index contributed by atoms with van der Waals surface area (Å²) in [5, 5.41) is 0. The van der Waals surface area contributed by atoms with E-state index < -0.39 is 0 Å². The Morgan fingerprint density at radius 3 is 2.47 bits per heavy atom. The molecule has 0 aromatic heterocycles. The Bertz CT molecular complexity index is 529. The van der Waals surface area contributed by atoms with Crippen LogP contribution in [-0.4, -0.2) is 0 Å². The molecule has 0 saturated carbocycles. The minimum absolute atomic E-state index is 0.819. The second-order valence-electron chi connectivity index (χ2n) is 3.60. The number of thioether (sulfide) groups is 1. The Hall–Kier alpha value is -0.450. The summed E-state index contributed by atoms with van der Waals surface area (Å²) in [5.41, 5.74) is 8.06. The van der Waals surface area contributed by atoms with E-state index in [1.165, 1.54) is 5.56 Å². The van der Waals surface area contributed by atoms with E-state index in [9.17, 15) is 0 Å². The third kappa shape index (κ3) is 3.76. The van der Waals surface area contributed by atoms with Gasteiger partial charge in [-0.2, -0.15) is 0 Å². The molecule has 2 aromatic rings. The molecule has 0 radical (unpaired) electrons. The smallest absolute Gasteiger partial charge is 0.0463 e. The number of rotatable bonds is 3. The zero-order chi connectivity index (χ0) is 12.3. The zero-order valence-electron chi connectivity index (χ0n) is 8.99. The third-order valence-electron chi connectivity index (χ3n) is 2.26. The SMILES string of the molecule is Nc1cc(Br)ccc1SCc1cccc(Br)c1. The lowest BCUT2D eigenvalue weighted by Crippen LogP contribution is -1.89. The molecular formula is C13H11Br2NS. The minimum Gasteiger partial charge on any atom is -0.398 e. The van der Waals surface area contributed by atoms with Gasteiger partial charge in [0.1, 0.15) is 0 Å². The van der Waals surface area contributed by atoms with E-state index in [0.29, 0.717) is 0 Å². The van der Waals surface area contributed by atoms with Crippen LogP contribution in [0.3, 0.4) is 0 Å². The number of hydrogen-bond donors (Lipinski definition) is 1. The summed E-state index contributed by atoms with van der Waals surface area (Å²) in [7, 11) is 0. The van der Waals surface area contributed by atoms with Crippen molar-refractivity contribution in [2.45, 2.75) is 10.6 Å².